The Morgan fingerprint density at radius 2 is 2.05 bits per heavy atom. The number of aromatic nitrogens is 3. The largest absolute Gasteiger partial charge is 0.497 e. The van der Waals surface area contributed by atoms with Crippen molar-refractivity contribution in [1.82, 2.24) is 14.5 Å². The quantitative estimate of drug-likeness (QED) is 0.695. The zero-order valence-corrected chi connectivity index (χ0v) is 12.5. The van der Waals surface area contributed by atoms with Crippen molar-refractivity contribution in [3.05, 3.63) is 42.5 Å². The fourth-order valence-electron chi connectivity index (χ4n) is 2.31. The molecule has 0 bridgehead atoms. The molecule has 0 N–H and O–H groups in total. The lowest BCUT2D eigenvalue weighted by Crippen LogP contribution is -2.02. The first-order valence-corrected chi connectivity index (χ1v) is 6.91. The molecule has 0 spiro atoms. The number of imidazole rings is 1. The predicted molar refractivity (Wildman–Crippen MR) is 81.5 cm³/mol. The van der Waals surface area contributed by atoms with Gasteiger partial charge in [0.1, 0.15) is 22.8 Å². The lowest BCUT2D eigenvalue weighted by atomic mass is 10.2. The summed E-state index contributed by atoms with van der Waals surface area (Å²) in [5.41, 5.74) is 2.55. The molecule has 0 aliphatic rings. The molecule has 0 amide bonds. The normalized spacial score (nSPS) is 10.8. The van der Waals surface area contributed by atoms with Crippen LogP contribution in [-0.4, -0.2) is 28.8 Å². The van der Waals surface area contributed by atoms with Gasteiger partial charge in [0.25, 0.3) is 0 Å². The smallest absolute Gasteiger partial charge is 0.143 e. The molecule has 0 aliphatic carbocycles. The Hall–Kier alpha value is -2.27. The third kappa shape index (κ3) is 2.29. The number of nitrogens with zero attached hydrogens (tertiary/aromatic N) is 3. The molecule has 0 unspecified atom stereocenters. The molecule has 0 aliphatic heterocycles. The standard InChI is InChI=1S/C15H14ClN3O2/c1-20-10-3-4-14(21-2)13(7-10)19-12-5-6-17-9-11(12)18-15(19)8-16/h3-7,9H,8H2,1-2H3. The van der Waals surface area contributed by atoms with Gasteiger partial charge in [0.15, 0.2) is 0 Å². The average molecular weight is 304 g/mol. The lowest BCUT2D eigenvalue weighted by molar-refractivity contribution is 0.401. The number of rotatable bonds is 4. The van der Waals surface area contributed by atoms with Crippen molar-refractivity contribution in [1.29, 1.82) is 0 Å². The fraction of sp³-hybridized carbons (Fsp3) is 0.200. The van der Waals surface area contributed by atoms with Gasteiger partial charge in [-0.25, -0.2) is 4.98 Å². The van der Waals surface area contributed by atoms with Crippen LogP contribution < -0.4 is 9.47 Å². The number of pyridine rings is 1. The lowest BCUT2D eigenvalue weighted by Gasteiger charge is -2.13. The van der Waals surface area contributed by atoms with Crippen LogP contribution in [0.15, 0.2) is 36.7 Å². The third-order valence-electron chi connectivity index (χ3n) is 3.27. The summed E-state index contributed by atoms with van der Waals surface area (Å²) in [6, 6.07) is 7.51. The van der Waals surface area contributed by atoms with Gasteiger partial charge in [-0.05, 0) is 18.2 Å². The van der Waals surface area contributed by atoms with Crippen LogP contribution in [0.5, 0.6) is 11.5 Å². The van der Waals surface area contributed by atoms with Gasteiger partial charge in [0, 0.05) is 12.3 Å². The average Bonchev–Trinajstić information content (AvgIpc) is 2.92. The van der Waals surface area contributed by atoms with Crippen LogP contribution in [0.4, 0.5) is 0 Å². The van der Waals surface area contributed by atoms with Crippen molar-refractivity contribution < 1.29 is 9.47 Å². The summed E-state index contributed by atoms with van der Waals surface area (Å²) in [6.45, 7) is 0. The maximum Gasteiger partial charge on any atom is 0.143 e. The van der Waals surface area contributed by atoms with Crippen molar-refractivity contribution in [3.63, 3.8) is 0 Å². The number of halogens is 1. The zero-order chi connectivity index (χ0) is 14.8. The first kappa shape index (κ1) is 13.7. The molecule has 2 aromatic heterocycles. The van der Waals surface area contributed by atoms with Crippen molar-refractivity contribution in [3.8, 4) is 17.2 Å². The second-order valence-corrected chi connectivity index (χ2v) is 4.67. The number of fused-ring (bicyclic) bond motifs is 1. The molecular formula is C15H14ClN3O2. The molecule has 6 heteroatoms. The molecule has 0 saturated heterocycles. The number of hydrogen-bond donors (Lipinski definition) is 0. The molecule has 0 fully saturated rings. The number of benzene rings is 1. The molecule has 2 heterocycles. The minimum Gasteiger partial charge on any atom is -0.497 e. The van der Waals surface area contributed by atoms with Gasteiger partial charge in [-0.15, -0.1) is 11.6 Å². The summed E-state index contributed by atoms with van der Waals surface area (Å²) in [4.78, 5) is 8.61. The van der Waals surface area contributed by atoms with E-state index in [-0.39, 0.29) is 5.88 Å². The van der Waals surface area contributed by atoms with Crippen LogP contribution >= 0.6 is 11.6 Å². The van der Waals surface area contributed by atoms with Crippen LogP contribution in [0.25, 0.3) is 16.7 Å². The Morgan fingerprint density at radius 3 is 2.76 bits per heavy atom. The van der Waals surface area contributed by atoms with Gasteiger partial charge in [0.2, 0.25) is 0 Å². The van der Waals surface area contributed by atoms with Crippen molar-refractivity contribution >= 4 is 22.6 Å². The number of methoxy groups -OCH3 is 2. The van der Waals surface area contributed by atoms with Crippen LogP contribution in [0.2, 0.25) is 0 Å². The second-order valence-electron chi connectivity index (χ2n) is 4.40. The summed E-state index contributed by atoms with van der Waals surface area (Å²) < 4.78 is 12.7. The van der Waals surface area contributed by atoms with E-state index >= 15 is 0 Å². The fourth-order valence-corrected chi connectivity index (χ4v) is 2.49. The van der Waals surface area contributed by atoms with E-state index in [2.05, 4.69) is 9.97 Å². The van der Waals surface area contributed by atoms with Gasteiger partial charge in [-0.3, -0.25) is 9.55 Å². The van der Waals surface area contributed by atoms with E-state index in [9.17, 15) is 0 Å². The van der Waals surface area contributed by atoms with E-state index in [1.807, 2.05) is 28.8 Å². The number of hydrogen-bond acceptors (Lipinski definition) is 4. The molecule has 0 atom stereocenters. The summed E-state index contributed by atoms with van der Waals surface area (Å²) in [7, 11) is 3.26. The Labute approximate surface area is 127 Å². The summed E-state index contributed by atoms with van der Waals surface area (Å²) in [5, 5.41) is 0. The minimum atomic E-state index is 0.287. The number of alkyl halides is 1. The Morgan fingerprint density at radius 1 is 1.19 bits per heavy atom. The molecule has 3 rings (SSSR count). The molecule has 21 heavy (non-hydrogen) atoms. The zero-order valence-electron chi connectivity index (χ0n) is 11.7. The Bertz CT molecular complexity index is 786. The van der Waals surface area contributed by atoms with E-state index in [1.54, 1.807) is 26.6 Å². The topological polar surface area (TPSA) is 49.2 Å². The first-order chi connectivity index (χ1) is 10.3. The van der Waals surface area contributed by atoms with Gasteiger partial charge < -0.3 is 9.47 Å². The summed E-state index contributed by atoms with van der Waals surface area (Å²) in [6.07, 6.45) is 3.44. The van der Waals surface area contributed by atoms with E-state index in [4.69, 9.17) is 21.1 Å². The highest BCUT2D eigenvalue weighted by molar-refractivity contribution is 6.17. The third-order valence-corrected chi connectivity index (χ3v) is 3.51. The molecule has 3 aromatic rings. The van der Waals surface area contributed by atoms with Gasteiger partial charge in [0.05, 0.1) is 37.5 Å². The predicted octanol–water partition coefficient (Wildman–Crippen LogP) is 3.18. The maximum absolute atomic E-state index is 6.05. The molecule has 1 aromatic carbocycles. The van der Waals surface area contributed by atoms with Gasteiger partial charge >= 0.3 is 0 Å². The van der Waals surface area contributed by atoms with Gasteiger partial charge in [-0.2, -0.15) is 0 Å². The summed E-state index contributed by atoms with van der Waals surface area (Å²) >= 11 is 6.05. The second kappa shape index (κ2) is 5.61. The maximum atomic E-state index is 6.05. The molecule has 108 valence electrons. The Kier molecular flexibility index (Phi) is 3.66. The van der Waals surface area contributed by atoms with Gasteiger partial charge in [-0.1, -0.05) is 0 Å². The van der Waals surface area contributed by atoms with E-state index in [0.717, 1.165) is 34.0 Å². The van der Waals surface area contributed by atoms with E-state index < -0.39 is 0 Å². The monoisotopic (exact) mass is 303 g/mol. The molecule has 5 nitrogen and oxygen atoms in total. The van der Waals surface area contributed by atoms with Crippen LogP contribution in [0, 0.1) is 0 Å². The first-order valence-electron chi connectivity index (χ1n) is 6.38. The highest BCUT2D eigenvalue weighted by Crippen LogP contribution is 2.31. The SMILES string of the molecule is COc1ccc(OC)c(-n2c(CCl)nc3cnccc32)c1. The minimum absolute atomic E-state index is 0.287. The van der Waals surface area contributed by atoms with Crippen LogP contribution in [-0.2, 0) is 5.88 Å². The molecule has 0 radical (unpaired) electrons. The summed E-state index contributed by atoms with van der Waals surface area (Å²) in [5.74, 6) is 2.47. The van der Waals surface area contributed by atoms with Crippen molar-refractivity contribution in [2.24, 2.45) is 0 Å². The van der Waals surface area contributed by atoms with Crippen LogP contribution in [0.1, 0.15) is 5.82 Å². The Balaban J connectivity index is 2.33. The molecular weight excluding hydrogens is 290 g/mol. The number of ether oxygens (including phenoxy) is 2. The molecule has 0 saturated carbocycles. The highest BCUT2D eigenvalue weighted by Gasteiger charge is 2.16. The van der Waals surface area contributed by atoms with E-state index in [1.165, 1.54) is 0 Å². The van der Waals surface area contributed by atoms with Crippen molar-refractivity contribution in [2.75, 3.05) is 14.2 Å². The van der Waals surface area contributed by atoms with E-state index in [0.29, 0.717) is 0 Å². The van der Waals surface area contributed by atoms with Crippen molar-refractivity contribution in [2.45, 2.75) is 5.88 Å². The van der Waals surface area contributed by atoms with Crippen LogP contribution in [0.3, 0.4) is 0 Å². The highest BCUT2D eigenvalue weighted by atomic mass is 35.5.